The summed E-state index contributed by atoms with van der Waals surface area (Å²) in [4.78, 5) is 10.3. The molecule has 0 bridgehead atoms. The zero-order valence-corrected chi connectivity index (χ0v) is 6.88. The molecule has 11 heavy (non-hydrogen) atoms. The van der Waals surface area contributed by atoms with Crippen molar-refractivity contribution in [2.24, 2.45) is 0 Å². The van der Waals surface area contributed by atoms with Crippen LogP contribution in [-0.4, -0.2) is 12.4 Å². The fraction of sp³-hybridized carbons (Fsp3) is 0.667. The predicted molar refractivity (Wildman–Crippen MR) is 43.2 cm³/mol. The standard InChI is InChI=1S/C9H14O2/c1-2-3-9-5-4-8(6-10)7-11-9/h6-7,9H,2-5H2,1H3. The number of ether oxygens (including phenoxy) is 1. The van der Waals surface area contributed by atoms with Gasteiger partial charge in [-0.1, -0.05) is 13.3 Å². The van der Waals surface area contributed by atoms with E-state index in [1.54, 1.807) is 6.26 Å². The van der Waals surface area contributed by atoms with Crippen molar-refractivity contribution < 1.29 is 9.53 Å². The molecule has 1 unspecified atom stereocenters. The Balaban J connectivity index is 2.35. The van der Waals surface area contributed by atoms with E-state index in [1.807, 2.05) is 0 Å². The second-order valence-corrected chi connectivity index (χ2v) is 2.90. The highest BCUT2D eigenvalue weighted by atomic mass is 16.5. The lowest BCUT2D eigenvalue weighted by molar-refractivity contribution is -0.105. The fourth-order valence-electron chi connectivity index (χ4n) is 1.26. The minimum absolute atomic E-state index is 0.351. The van der Waals surface area contributed by atoms with Crippen LogP contribution in [0.4, 0.5) is 0 Å². The molecule has 1 heterocycles. The maximum Gasteiger partial charge on any atom is 0.149 e. The van der Waals surface area contributed by atoms with Gasteiger partial charge in [-0.25, -0.2) is 0 Å². The molecular formula is C9H14O2. The Kier molecular flexibility index (Phi) is 3.14. The van der Waals surface area contributed by atoms with Gasteiger partial charge >= 0.3 is 0 Å². The van der Waals surface area contributed by atoms with E-state index < -0.39 is 0 Å². The van der Waals surface area contributed by atoms with Crippen LogP contribution < -0.4 is 0 Å². The van der Waals surface area contributed by atoms with Crippen molar-refractivity contribution in [1.82, 2.24) is 0 Å². The summed E-state index contributed by atoms with van der Waals surface area (Å²) in [6.45, 7) is 2.14. The molecule has 0 spiro atoms. The number of hydrogen-bond donors (Lipinski definition) is 0. The van der Waals surface area contributed by atoms with E-state index in [0.29, 0.717) is 6.10 Å². The summed E-state index contributed by atoms with van der Waals surface area (Å²) < 4.78 is 5.33. The van der Waals surface area contributed by atoms with Gasteiger partial charge in [0.1, 0.15) is 6.29 Å². The van der Waals surface area contributed by atoms with Crippen molar-refractivity contribution in [3.05, 3.63) is 11.8 Å². The van der Waals surface area contributed by atoms with Crippen molar-refractivity contribution >= 4 is 6.29 Å². The van der Waals surface area contributed by atoms with Gasteiger partial charge in [-0.15, -0.1) is 0 Å². The molecule has 0 aromatic carbocycles. The van der Waals surface area contributed by atoms with Crippen molar-refractivity contribution in [2.45, 2.75) is 38.7 Å². The van der Waals surface area contributed by atoms with Crippen molar-refractivity contribution in [1.29, 1.82) is 0 Å². The molecule has 0 aromatic rings. The summed E-state index contributed by atoms with van der Waals surface area (Å²) in [5.74, 6) is 0. The summed E-state index contributed by atoms with van der Waals surface area (Å²) in [7, 11) is 0. The van der Waals surface area contributed by atoms with Gasteiger partial charge in [0.25, 0.3) is 0 Å². The zero-order valence-electron chi connectivity index (χ0n) is 6.88. The number of rotatable bonds is 3. The van der Waals surface area contributed by atoms with Gasteiger partial charge in [0, 0.05) is 5.57 Å². The smallest absolute Gasteiger partial charge is 0.149 e. The van der Waals surface area contributed by atoms with Crippen molar-refractivity contribution in [3.8, 4) is 0 Å². The third-order valence-corrected chi connectivity index (χ3v) is 1.93. The minimum Gasteiger partial charge on any atom is -0.498 e. The minimum atomic E-state index is 0.351. The molecule has 1 rings (SSSR count). The maximum absolute atomic E-state index is 10.3. The molecule has 0 saturated carbocycles. The van der Waals surface area contributed by atoms with E-state index in [1.165, 1.54) is 0 Å². The second kappa shape index (κ2) is 4.16. The van der Waals surface area contributed by atoms with Gasteiger partial charge in [0.05, 0.1) is 12.4 Å². The average molecular weight is 154 g/mol. The molecule has 1 aliphatic rings. The molecule has 0 aromatic heterocycles. The second-order valence-electron chi connectivity index (χ2n) is 2.90. The molecule has 0 aliphatic carbocycles. The SMILES string of the molecule is CCCC1CCC(C=O)=CO1. The van der Waals surface area contributed by atoms with Crippen LogP contribution in [0.15, 0.2) is 11.8 Å². The Hall–Kier alpha value is -0.790. The van der Waals surface area contributed by atoms with Gasteiger partial charge in [-0.3, -0.25) is 4.79 Å². The van der Waals surface area contributed by atoms with Crippen LogP contribution in [-0.2, 0) is 9.53 Å². The molecular weight excluding hydrogens is 140 g/mol. The van der Waals surface area contributed by atoms with E-state index in [4.69, 9.17) is 4.74 Å². The van der Waals surface area contributed by atoms with Gasteiger partial charge in [-0.2, -0.15) is 0 Å². The first-order valence-corrected chi connectivity index (χ1v) is 4.16. The molecule has 2 nitrogen and oxygen atoms in total. The van der Waals surface area contributed by atoms with E-state index in [-0.39, 0.29) is 0 Å². The highest BCUT2D eigenvalue weighted by molar-refractivity contribution is 5.72. The topological polar surface area (TPSA) is 26.3 Å². The molecule has 2 heteroatoms. The van der Waals surface area contributed by atoms with Crippen LogP contribution in [0.3, 0.4) is 0 Å². The number of carbonyl (C=O) groups is 1. The molecule has 1 atom stereocenters. The van der Waals surface area contributed by atoms with Crippen molar-refractivity contribution in [2.75, 3.05) is 0 Å². The Labute approximate surface area is 67.2 Å². The summed E-state index contributed by atoms with van der Waals surface area (Å²) in [5, 5.41) is 0. The van der Waals surface area contributed by atoms with Crippen LogP contribution in [0, 0.1) is 0 Å². The first kappa shape index (κ1) is 8.31. The van der Waals surface area contributed by atoms with Gasteiger partial charge in [0.15, 0.2) is 0 Å². The van der Waals surface area contributed by atoms with E-state index >= 15 is 0 Å². The van der Waals surface area contributed by atoms with Gasteiger partial charge < -0.3 is 4.74 Å². The first-order chi connectivity index (χ1) is 5.36. The normalized spacial score (nSPS) is 23.7. The lowest BCUT2D eigenvalue weighted by Crippen LogP contribution is -2.14. The van der Waals surface area contributed by atoms with Crippen molar-refractivity contribution in [3.63, 3.8) is 0 Å². The summed E-state index contributed by atoms with van der Waals surface area (Å²) in [6, 6.07) is 0. The Bertz CT molecular complexity index is 161. The summed E-state index contributed by atoms with van der Waals surface area (Å²) in [5.41, 5.74) is 0.789. The molecule has 0 amide bonds. The molecule has 0 fully saturated rings. The number of carbonyl (C=O) groups excluding carboxylic acids is 1. The van der Waals surface area contributed by atoms with E-state index in [9.17, 15) is 4.79 Å². The third kappa shape index (κ3) is 2.37. The summed E-state index contributed by atoms with van der Waals surface area (Å²) in [6.07, 6.45) is 6.96. The average Bonchev–Trinajstić information content (AvgIpc) is 2.07. The Morgan fingerprint density at radius 2 is 2.64 bits per heavy atom. The monoisotopic (exact) mass is 154 g/mol. The molecule has 1 aliphatic heterocycles. The predicted octanol–water partition coefficient (Wildman–Crippen LogP) is 2.05. The number of aldehydes is 1. The van der Waals surface area contributed by atoms with E-state index in [0.717, 1.165) is 37.5 Å². The fourth-order valence-corrected chi connectivity index (χ4v) is 1.26. The number of hydrogen-bond acceptors (Lipinski definition) is 2. The highest BCUT2D eigenvalue weighted by Gasteiger charge is 2.13. The lowest BCUT2D eigenvalue weighted by Gasteiger charge is -2.20. The van der Waals surface area contributed by atoms with Gasteiger partial charge in [0.2, 0.25) is 0 Å². The van der Waals surface area contributed by atoms with Crippen LogP contribution in [0.25, 0.3) is 0 Å². The molecule has 0 saturated heterocycles. The van der Waals surface area contributed by atoms with Crippen LogP contribution in [0.5, 0.6) is 0 Å². The maximum atomic E-state index is 10.3. The van der Waals surface area contributed by atoms with Crippen LogP contribution >= 0.6 is 0 Å². The quantitative estimate of drug-likeness (QED) is 0.581. The molecule has 0 radical (unpaired) electrons. The molecule has 0 N–H and O–H groups in total. The van der Waals surface area contributed by atoms with Crippen LogP contribution in [0.1, 0.15) is 32.6 Å². The lowest BCUT2D eigenvalue weighted by atomic mass is 10.0. The summed E-state index contributed by atoms with van der Waals surface area (Å²) >= 11 is 0. The Morgan fingerprint density at radius 1 is 1.82 bits per heavy atom. The van der Waals surface area contributed by atoms with E-state index in [2.05, 4.69) is 6.92 Å². The first-order valence-electron chi connectivity index (χ1n) is 4.16. The zero-order chi connectivity index (χ0) is 8.10. The Morgan fingerprint density at radius 3 is 3.09 bits per heavy atom. The third-order valence-electron chi connectivity index (χ3n) is 1.93. The highest BCUT2D eigenvalue weighted by Crippen LogP contribution is 2.18. The number of allylic oxidation sites excluding steroid dienone is 1. The largest absolute Gasteiger partial charge is 0.498 e. The molecule has 62 valence electrons. The van der Waals surface area contributed by atoms with Crippen LogP contribution in [0.2, 0.25) is 0 Å². The van der Waals surface area contributed by atoms with Gasteiger partial charge in [-0.05, 0) is 19.3 Å².